The van der Waals surface area contributed by atoms with Crippen molar-refractivity contribution in [3.63, 3.8) is 0 Å². The van der Waals surface area contributed by atoms with E-state index in [4.69, 9.17) is 18.8 Å². The molecule has 0 N–H and O–H groups in total. The lowest BCUT2D eigenvalue weighted by Crippen LogP contribution is -1.96. The molecule has 0 saturated carbocycles. The van der Waals surface area contributed by atoms with Crippen LogP contribution >= 0.6 is 0 Å². The van der Waals surface area contributed by atoms with Gasteiger partial charge in [-0.15, -0.1) is 0 Å². The van der Waals surface area contributed by atoms with Crippen molar-refractivity contribution in [3.8, 4) is 67.3 Å². The Hall–Kier alpha value is -7.63. The monoisotopic (exact) mass is 717 g/mol. The molecule has 0 bridgehead atoms. The topological polar surface area (TPSA) is 65.0 Å². The molecule has 4 aromatic heterocycles. The van der Waals surface area contributed by atoms with Gasteiger partial charge in [0.05, 0.1) is 11.4 Å². The zero-order chi connectivity index (χ0) is 37.0. The van der Waals surface area contributed by atoms with Crippen LogP contribution in [0.15, 0.2) is 197 Å². The Bertz CT molecular complexity index is 3110. The maximum atomic E-state index is 6.21. The average Bonchev–Trinajstić information content (AvgIpc) is 3.84. The lowest BCUT2D eigenvalue weighted by atomic mass is 9.93. The highest BCUT2D eigenvalue weighted by Crippen LogP contribution is 2.39. The second-order valence-corrected chi connectivity index (χ2v) is 14.1. The quantitative estimate of drug-likeness (QED) is 0.171. The first-order chi connectivity index (χ1) is 27.7. The van der Waals surface area contributed by atoms with Crippen molar-refractivity contribution in [3.05, 3.63) is 188 Å². The molecule has 0 atom stereocenters. The fourth-order valence-corrected chi connectivity index (χ4v) is 7.75. The maximum Gasteiger partial charge on any atom is 0.160 e. The number of hydrogen-bond donors (Lipinski definition) is 0. The predicted molar refractivity (Wildman–Crippen MR) is 227 cm³/mol. The van der Waals surface area contributed by atoms with Crippen LogP contribution in [0.1, 0.15) is 0 Å². The van der Waals surface area contributed by atoms with E-state index in [-0.39, 0.29) is 0 Å². The van der Waals surface area contributed by atoms with E-state index in [0.29, 0.717) is 5.82 Å². The number of fused-ring (bicyclic) bond motifs is 6. The maximum absolute atomic E-state index is 6.21. The van der Waals surface area contributed by atoms with Crippen LogP contribution in [0.25, 0.3) is 111 Å². The largest absolute Gasteiger partial charge is 0.456 e. The number of furan rings is 2. The van der Waals surface area contributed by atoms with Crippen molar-refractivity contribution in [2.75, 3.05) is 0 Å². The molecule has 7 aromatic carbocycles. The molecule has 0 fully saturated rings. The number of hydrogen-bond acceptors (Lipinski definition) is 5. The summed E-state index contributed by atoms with van der Waals surface area (Å²) in [6.45, 7) is 0. The second-order valence-electron chi connectivity index (χ2n) is 14.1. The normalized spacial score (nSPS) is 11.6. The highest BCUT2D eigenvalue weighted by atomic mass is 16.3. The van der Waals surface area contributed by atoms with Gasteiger partial charge in [0.25, 0.3) is 0 Å². The minimum Gasteiger partial charge on any atom is -0.456 e. The van der Waals surface area contributed by atoms with Gasteiger partial charge in [-0.1, -0.05) is 109 Å². The second kappa shape index (κ2) is 13.0. The molecule has 0 aliphatic heterocycles. The van der Waals surface area contributed by atoms with Gasteiger partial charge >= 0.3 is 0 Å². The van der Waals surface area contributed by atoms with E-state index in [9.17, 15) is 0 Å². The Morgan fingerprint density at radius 3 is 1.41 bits per heavy atom. The molecule has 0 amide bonds. The van der Waals surface area contributed by atoms with E-state index in [2.05, 4.69) is 132 Å². The number of nitrogens with zero attached hydrogens (tertiary/aromatic N) is 3. The number of pyridine rings is 1. The van der Waals surface area contributed by atoms with Gasteiger partial charge in [0, 0.05) is 50.6 Å². The summed E-state index contributed by atoms with van der Waals surface area (Å²) in [6, 6.07) is 60.9. The Balaban J connectivity index is 1.11. The summed E-state index contributed by atoms with van der Waals surface area (Å²) in [6.07, 6.45) is 3.68. The van der Waals surface area contributed by atoms with Crippen LogP contribution in [0.3, 0.4) is 0 Å². The highest BCUT2D eigenvalue weighted by molar-refractivity contribution is 6.07. The number of aromatic nitrogens is 3. The van der Waals surface area contributed by atoms with Gasteiger partial charge in [-0.05, 0) is 100 Å². The third kappa shape index (κ3) is 5.62. The Kier molecular flexibility index (Phi) is 7.42. The summed E-state index contributed by atoms with van der Waals surface area (Å²) < 4.78 is 12.4. The van der Waals surface area contributed by atoms with E-state index >= 15 is 0 Å². The van der Waals surface area contributed by atoms with Gasteiger partial charge in [-0.2, -0.15) is 0 Å². The van der Waals surface area contributed by atoms with E-state index in [1.807, 2.05) is 54.7 Å². The van der Waals surface area contributed by atoms with Gasteiger partial charge < -0.3 is 8.83 Å². The Labute approximate surface area is 322 Å². The minimum atomic E-state index is 0.666. The molecule has 0 unspecified atom stereocenters. The average molecular weight is 718 g/mol. The third-order valence-electron chi connectivity index (χ3n) is 10.6. The molecule has 0 saturated heterocycles. The van der Waals surface area contributed by atoms with Crippen molar-refractivity contribution in [2.24, 2.45) is 0 Å². The van der Waals surface area contributed by atoms with Crippen LogP contribution in [0, 0.1) is 0 Å². The summed E-state index contributed by atoms with van der Waals surface area (Å²) in [4.78, 5) is 14.7. The van der Waals surface area contributed by atoms with Crippen molar-refractivity contribution in [1.29, 1.82) is 0 Å². The molecule has 56 heavy (non-hydrogen) atoms. The van der Waals surface area contributed by atoms with Gasteiger partial charge in [0.1, 0.15) is 22.3 Å². The number of para-hydroxylation sites is 2. The van der Waals surface area contributed by atoms with Crippen LogP contribution in [-0.2, 0) is 0 Å². The molecule has 0 aliphatic rings. The molecule has 11 aromatic rings. The van der Waals surface area contributed by atoms with E-state index in [1.165, 1.54) is 0 Å². The molecule has 0 radical (unpaired) electrons. The number of benzene rings is 7. The fraction of sp³-hybridized carbons (Fsp3) is 0. The molecule has 11 rings (SSSR count). The Morgan fingerprint density at radius 1 is 0.304 bits per heavy atom. The number of rotatable bonds is 6. The first-order valence-electron chi connectivity index (χ1n) is 18.6. The third-order valence-corrected chi connectivity index (χ3v) is 10.6. The first-order valence-corrected chi connectivity index (χ1v) is 18.6. The molecular weight excluding hydrogens is 687 g/mol. The van der Waals surface area contributed by atoms with Gasteiger partial charge in [0.2, 0.25) is 0 Å². The smallest absolute Gasteiger partial charge is 0.160 e. The Morgan fingerprint density at radius 2 is 0.804 bits per heavy atom. The van der Waals surface area contributed by atoms with E-state index in [0.717, 1.165) is 105 Å². The first kappa shape index (κ1) is 31.9. The van der Waals surface area contributed by atoms with Crippen molar-refractivity contribution in [2.45, 2.75) is 0 Å². The van der Waals surface area contributed by atoms with Gasteiger partial charge in [0.15, 0.2) is 5.82 Å². The summed E-state index contributed by atoms with van der Waals surface area (Å²) in [5.74, 6) is 0.666. The van der Waals surface area contributed by atoms with E-state index < -0.39 is 0 Å². The summed E-state index contributed by atoms with van der Waals surface area (Å²) in [5.41, 5.74) is 14.6. The lowest BCUT2D eigenvalue weighted by Gasteiger charge is -2.14. The zero-order valence-electron chi connectivity index (χ0n) is 30.1. The molecule has 4 heterocycles. The van der Waals surface area contributed by atoms with Crippen LogP contribution in [0.4, 0.5) is 0 Å². The SMILES string of the molecule is c1ccc(-c2nc(-c3ccc(-c4cccnc4)cc3)cc(-c3cc(-c4ccc5oc6ccccc6c5c4)cc(-c4ccc5oc6ccccc6c5c4)c3)n2)cc1. The highest BCUT2D eigenvalue weighted by Gasteiger charge is 2.16. The van der Waals surface area contributed by atoms with Gasteiger partial charge in [-0.3, -0.25) is 4.98 Å². The van der Waals surface area contributed by atoms with Crippen molar-refractivity contribution >= 4 is 43.9 Å². The van der Waals surface area contributed by atoms with Crippen LogP contribution in [0.2, 0.25) is 0 Å². The predicted octanol–water partition coefficient (Wildman–Crippen LogP) is 13.7. The molecule has 5 heteroatoms. The van der Waals surface area contributed by atoms with Crippen LogP contribution in [0.5, 0.6) is 0 Å². The zero-order valence-corrected chi connectivity index (χ0v) is 30.1. The molecule has 0 spiro atoms. The van der Waals surface area contributed by atoms with E-state index in [1.54, 1.807) is 6.20 Å². The fourth-order valence-electron chi connectivity index (χ4n) is 7.75. The lowest BCUT2D eigenvalue weighted by molar-refractivity contribution is 0.668. The standard InChI is InChI=1S/C51H31N3O2/c1-2-9-34(10-3-1)51-53-45(33-18-16-32(17-19-33)37-11-8-24-52-31-37)30-46(54-51)40-26-38(35-20-22-49-43(28-35)41-12-4-6-14-47(41)55-49)25-39(27-40)36-21-23-50-44(29-36)42-13-5-7-15-48(42)56-50/h1-31H. The van der Waals surface area contributed by atoms with Crippen molar-refractivity contribution < 1.29 is 8.83 Å². The summed E-state index contributed by atoms with van der Waals surface area (Å²) in [7, 11) is 0. The van der Waals surface area contributed by atoms with Crippen molar-refractivity contribution in [1.82, 2.24) is 15.0 Å². The molecule has 5 nitrogen and oxygen atoms in total. The van der Waals surface area contributed by atoms with Gasteiger partial charge in [-0.25, -0.2) is 9.97 Å². The molecule has 262 valence electrons. The summed E-state index contributed by atoms with van der Waals surface area (Å²) in [5, 5.41) is 4.37. The summed E-state index contributed by atoms with van der Waals surface area (Å²) >= 11 is 0. The van der Waals surface area contributed by atoms with Crippen LogP contribution < -0.4 is 0 Å². The minimum absolute atomic E-state index is 0.666. The molecule has 0 aliphatic carbocycles. The molecular formula is C51H31N3O2. The van der Waals surface area contributed by atoms with Crippen LogP contribution in [-0.4, -0.2) is 15.0 Å².